The molecule has 1 aromatic carbocycles. The van der Waals surface area contributed by atoms with E-state index in [0.717, 1.165) is 5.16 Å². The van der Waals surface area contributed by atoms with Crippen molar-refractivity contribution in [1.29, 1.82) is 0 Å². The van der Waals surface area contributed by atoms with Gasteiger partial charge in [0.25, 0.3) is 0 Å². The standard InChI is InChI=1S/C14H19P/c15-14-9-6-13(7-10-14,8-11-14)12-4-2-1-3-5-12/h1-5H,6-11,15H2/p+1. The van der Waals surface area contributed by atoms with Crippen molar-refractivity contribution in [2.45, 2.75) is 49.1 Å². The number of benzene rings is 1. The highest BCUT2D eigenvalue weighted by Crippen LogP contribution is 2.56. The molecule has 1 unspecified atom stereocenters. The molecule has 3 aliphatic rings. The van der Waals surface area contributed by atoms with Crippen LogP contribution in [-0.4, -0.2) is 5.16 Å². The number of hydrogen-bond acceptors (Lipinski definition) is 0. The van der Waals surface area contributed by atoms with Crippen molar-refractivity contribution < 1.29 is 0 Å². The van der Waals surface area contributed by atoms with Crippen LogP contribution in [0.1, 0.15) is 44.1 Å². The van der Waals surface area contributed by atoms with Crippen LogP contribution in [0.15, 0.2) is 30.3 Å². The van der Waals surface area contributed by atoms with Gasteiger partial charge < -0.3 is 0 Å². The second-order valence-electron chi connectivity index (χ2n) is 5.65. The van der Waals surface area contributed by atoms with Gasteiger partial charge in [-0.3, -0.25) is 0 Å². The highest BCUT2D eigenvalue weighted by molar-refractivity contribution is 7.19. The molecule has 0 heterocycles. The van der Waals surface area contributed by atoms with Gasteiger partial charge in [0.05, 0.1) is 5.16 Å². The van der Waals surface area contributed by atoms with E-state index in [1.807, 2.05) is 0 Å². The molecular formula is C14H20P+. The Morgan fingerprint density at radius 2 is 1.33 bits per heavy atom. The summed E-state index contributed by atoms with van der Waals surface area (Å²) in [6, 6.07) is 11.2. The summed E-state index contributed by atoms with van der Waals surface area (Å²) in [4.78, 5) is 0. The van der Waals surface area contributed by atoms with Crippen molar-refractivity contribution >= 4 is 9.24 Å². The number of fused-ring (bicyclic) bond motifs is 3. The Labute approximate surface area is 94.7 Å². The largest absolute Gasteiger partial charge is 0.0732 e. The second-order valence-corrected chi connectivity index (χ2v) is 7.15. The minimum absolute atomic E-state index is 0.559. The van der Waals surface area contributed by atoms with Gasteiger partial charge in [0.2, 0.25) is 0 Å². The van der Waals surface area contributed by atoms with Crippen molar-refractivity contribution in [2.24, 2.45) is 0 Å². The molecule has 3 aliphatic carbocycles. The fourth-order valence-corrected chi connectivity index (χ4v) is 4.02. The molecule has 15 heavy (non-hydrogen) atoms. The summed E-state index contributed by atoms with van der Waals surface area (Å²) in [5.41, 5.74) is 2.17. The quantitative estimate of drug-likeness (QED) is 0.633. The van der Waals surface area contributed by atoms with Gasteiger partial charge in [0.15, 0.2) is 0 Å². The van der Waals surface area contributed by atoms with Gasteiger partial charge >= 0.3 is 0 Å². The molecule has 0 N–H and O–H groups in total. The SMILES string of the molecule is [PH3+]C12CCC(c3ccccc3)(CC1)CC2. The van der Waals surface area contributed by atoms with Crippen LogP contribution < -0.4 is 0 Å². The molecule has 0 amide bonds. The zero-order valence-electron chi connectivity index (χ0n) is 9.34. The lowest BCUT2D eigenvalue weighted by Crippen LogP contribution is -2.44. The van der Waals surface area contributed by atoms with E-state index in [4.69, 9.17) is 0 Å². The summed E-state index contributed by atoms with van der Waals surface area (Å²) in [6.07, 6.45) is 8.67. The average Bonchev–Trinajstić information content (AvgIpc) is 2.32. The smallest absolute Gasteiger partial charge is 0.0622 e. The fourth-order valence-electron chi connectivity index (χ4n) is 3.49. The van der Waals surface area contributed by atoms with Gasteiger partial charge in [-0.15, -0.1) is 0 Å². The summed E-state index contributed by atoms with van der Waals surface area (Å²) in [6.45, 7) is 0. The maximum Gasteiger partial charge on any atom is 0.0732 e. The molecule has 3 saturated carbocycles. The fraction of sp³-hybridized carbons (Fsp3) is 0.571. The Bertz CT molecular complexity index is 330. The van der Waals surface area contributed by atoms with Crippen molar-refractivity contribution in [2.75, 3.05) is 0 Å². The molecule has 4 rings (SSSR count). The maximum absolute atomic E-state index is 2.34. The molecule has 0 aromatic heterocycles. The second kappa shape index (κ2) is 3.32. The molecule has 2 bridgehead atoms. The van der Waals surface area contributed by atoms with Crippen LogP contribution in [0.5, 0.6) is 0 Å². The Balaban J connectivity index is 1.94. The van der Waals surface area contributed by atoms with Crippen molar-refractivity contribution in [1.82, 2.24) is 0 Å². The van der Waals surface area contributed by atoms with Crippen molar-refractivity contribution in [3.63, 3.8) is 0 Å². The Morgan fingerprint density at radius 1 is 0.800 bits per heavy atom. The summed E-state index contributed by atoms with van der Waals surface area (Å²) in [7, 11) is 2.27. The lowest BCUT2D eigenvalue weighted by atomic mass is 9.57. The van der Waals surface area contributed by atoms with Crippen molar-refractivity contribution in [3.05, 3.63) is 35.9 Å². The van der Waals surface area contributed by atoms with Crippen LogP contribution in [0.25, 0.3) is 0 Å². The first-order chi connectivity index (χ1) is 7.23. The van der Waals surface area contributed by atoms with Gasteiger partial charge in [0, 0.05) is 0 Å². The van der Waals surface area contributed by atoms with E-state index in [1.54, 1.807) is 5.56 Å². The van der Waals surface area contributed by atoms with E-state index in [1.165, 1.54) is 38.5 Å². The van der Waals surface area contributed by atoms with Crippen LogP contribution in [0.4, 0.5) is 0 Å². The van der Waals surface area contributed by atoms with E-state index in [2.05, 4.69) is 39.6 Å². The molecule has 0 nitrogen and oxygen atoms in total. The Kier molecular flexibility index (Phi) is 2.18. The molecule has 0 aliphatic heterocycles. The summed E-state index contributed by atoms with van der Waals surface area (Å²) >= 11 is 0. The van der Waals surface area contributed by atoms with Gasteiger partial charge in [-0.25, -0.2) is 0 Å². The minimum atomic E-state index is 0.559. The maximum atomic E-state index is 2.34. The van der Waals surface area contributed by atoms with E-state index in [-0.39, 0.29) is 0 Å². The molecule has 0 spiro atoms. The van der Waals surface area contributed by atoms with Gasteiger partial charge in [-0.05, 0) is 58.7 Å². The molecular weight excluding hydrogens is 199 g/mol. The number of rotatable bonds is 1. The van der Waals surface area contributed by atoms with Gasteiger partial charge in [-0.2, -0.15) is 0 Å². The first-order valence-electron chi connectivity index (χ1n) is 6.14. The molecule has 3 fully saturated rings. The van der Waals surface area contributed by atoms with Crippen LogP contribution in [0.3, 0.4) is 0 Å². The van der Waals surface area contributed by atoms with Gasteiger partial charge in [-0.1, -0.05) is 30.3 Å². The van der Waals surface area contributed by atoms with E-state index in [0.29, 0.717) is 5.41 Å². The van der Waals surface area contributed by atoms with E-state index in [9.17, 15) is 0 Å². The highest BCUT2D eigenvalue weighted by Gasteiger charge is 2.49. The lowest BCUT2D eigenvalue weighted by molar-refractivity contribution is 0.158. The molecule has 0 saturated heterocycles. The molecule has 80 valence electrons. The lowest BCUT2D eigenvalue weighted by Gasteiger charge is -2.49. The Hall–Kier alpha value is -0.350. The third kappa shape index (κ3) is 1.54. The monoisotopic (exact) mass is 219 g/mol. The zero-order valence-corrected chi connectivity index (χ0v) is 10.8. The zero-order chi connectivity index (χ0) is 10.4. The molecule has 1 atom stereocenters. The van der Waals surface area contributed by atoms with Crippen LogP contribution in [-0.2, 0) is 5.41 Å². The normalized spacial score (nSPS) is 39.5. The third-order valence-electron chi connectivity index (χ3n) is 4.79. The summed E-state index contributed by atoms with van der Waals surface area (Å²) < 4.78 is 0. The van der Waals surface area contributed by atoms with Crippen molar-refractivity contribution in [3.8, 4) is 0 Å². The molecule has 1 aromatic rings. The first-order valence-corrected chi connectivity index (χ1v) is 6.84. The predicted octanol–water partition coefficient (Wildman–Crippen LogP) is 3.64. The van der Waals surface area contributed by atoms with Crippen LogP contribution >= 0.6 is 9.24 Å². The summed E-state index contributed by atoms with van der Waals surface area (Å²) in [5.74, 6) is 0. The summed E-state index contributed by atoms with van der Waals surface area (Å²) in [5, 5.41) is 0.719. The topological polar surface area (TPSA) is 0 Å². The first kappa shape index (κ1) is 9.85. The number of hydrogen-bond donors (Lipinski definition) is 0. The van der Waals surface area contributed by atoms with Gasteiger partial charge in [0.1, 0.15) is 0 Å². The highest BCUT2D eigenvalue weighted by atomic mass is 31.0. The van der Waals surface area contributed by atoms with Crippen LogP contribution in [0, 0.1) is 0 Å². The van der Waals surface area contributed by atoms with Crippen LogP contribution in [0.2, 0.25) is 0 Å². The molecule has 1 heteroatoms. The molecule has 0 radical (unpaired) electrons. The predicted molar refractivity (Wildman–Crippen MR) is 69.7 cm³/mol. The van der Waals surface area contributed by atoms with E-state index < -0.39 is 0 Å². The van der Waals surface area contributed by atoms with E-state index >= 15 is 0 Å². The Morgan fingerprint density at radius 3 is 1.87 bits per heavy atom. The average molecular weight is 219 g/mol. The third-order valence-corrected chi connectivity index (χ3v) is 5.85. The minimum Gasteiger partial charge on any atom is -0.0622 e.